The summed E-state index contributed by atoms with van der Waals surface area (Å²) in [4.78, 5) is 15.8. The van der Waals surface area contributed by atoms with E-state index in [-0.39, 0.29) is 6.61 Å². The lowest BCUT2D eigenvalue weighted by Crippen LogP contribution is -2.49. The number of para-hydroxylation sites is 1. The van der Waals surface area contributed by atoms with Crippen molar-refractivity contribution in [2.75, 3.05) is 6.61 Å². The van der Waals surface area contributed by atoms with Gasteiger partial charge in [0.25, 0.3) is 0 Å². The molecule has 1 aromatic carbocycles. The van der Waals surface area contributed by atoms with Crippen LogP contribution in [0.4, 0.5) is 0 Å². The van der Waals surface area contributed by atoms with Gasteiger partial charge in [-0.1, -0.05) is 36.9 Å². The van der Waals surface area contributed by atoms with Crippen molar-refractivity contribution in [3.63, 3.8) is 0 Å². The number of esters is 1. The molecule has 0 saturated heterocycles. The topological polar surface area (TPSA) is 88.3 Å². The summed E-state index contributed by atoms with van der Waals surface area (Å²) >= 11 is 0. The van der Waals surface area contributed by atoms with E-state index in [1.54, 1.807) is 33.8 Å². The Morgan fingerprint density at radius 1 is 1.33 bits per heavy atom. The highest BCUT2D eigenvalue weighted by Crippen LogP contribution is 2.26. The van der Waals surface area contributed by atoms with Gasteiger partial charge in [0.2, 0.25) is 10.0 Å². The molecule has 2 N–H and O–H groups in total. The van der Waals surface area contributed by atoms with Crippen molar-refractivity contribution in [2.24, 2.45) is 0 Å². The Kier molecular flexibility index (Phi) is 6.28. The lowest BCUT2D eigenvalue weighted by molar-refractivity contribution is -0.143. The molecule has 0 aliphatic carbocycles. The number of nitrogens with one attached hydrogen (secondary N) is 2. The quantitative estimate of drug-likeness (QED) is 0.560. The summed E-state index contributed by atoms with van der Waals surface area (Å²) in [5, 5.41) is 0.948. The molecule has 0 aliphatic heterocycles. The molecule has 0 aliphatic rings. The fraction of sp³-hybridized carbons (Fsp3) is 0.350. The zero-order valence-corrected chi connectivity index (χ0v) is 16.9. The molecule has 1 atom stereocenters. The molecule has 146 valence electrons. The molecule has 6 nitrogen and oxygen atoms in total. The van der Waals surface area contributed by atoms with E-state index in [4.69, 9.17) is 4.74 Å². The molecule has 2 aromatic rings. The number of carbonyl (C=O) groups is 1. The molecule has 0 unspecified atom stereocenters. The Morgan fingerprint density at radius 2 is 2.00 bits per heavy atom. The van der Waals surface area contributed by atoms with Crippen molar-refractivity contribution < 1.29 is 17.9 Å². The van der Waals surface area contributed by atoms with Crippen LogP contribution in [0.2, 0.25) is 0 Å². The van der Waals surface area contributed by atoms with E-state index in [1.807, 2.05) is 30.3 Å². The van der Waals surface area contributed by atoms with Gasteiger partial charge in [-0.15, -0.1) is 0 Å². The molecule has 7 heteroatoms. The molecular formula is C20H26N2O4S. The molecular weight excluding hydrogens is 364 g/mol. The predicted molar refractivity (Wildman–Crippen MR) is 109 cm³/mol. The van der Waals surface area contributed by atoms with Gasteiger partial charge in [0.15, 0.2) is 0 Å². The Bertz CT molecular complexity index is 932. The maximum Gasteiger partial charge on any atom is 0.328 e. The third-order valence-electron chi connectivity index (χ3n) is 4.05. The fourth-order valence-corrected chi connectivity index (χ4v) is 3.38. The zero-order chi connectivity index (χ0) is 20.2. The monoisotopic (exact) mass is 390 g/mol. The molecule has 27 heavy (non-hydrogen) atoms. The van der Waals surface area contributed by atoms with Crippen LogP contribution in [0.25, 0.3) is 16.5 Å². The van der Waals surface area contributed by atoms with E-state index in [0.717, 1.165) is 10.9 Å². The van der Waals surface area contributed by atoms with Gasteiger partial charge in [0.1, 0.15) is 6.04 Å². The number of aromatic amines is 1. The second-order valence-corrected chi connectivity index (χ2v) is 9.51. The predicted octanol–water partition coefficient (Wildman–Crippen LogP) is 3.39. The second kappa shape index (κ2) is 8.10. The van der Waals surface area contributed by atoms with Gasteiger partial charge in [0.05, 0.1) is 11.4 Å². The normalized spacial score (nSPS) is 14.1. The van der Waals surface area contributed by atoms with Crippen LogP contribution in [-0.2, 0) is 19.6 Å². The molecule has 1 heterocycles. The van der Waals surface area contributed by atoms with Gasteiger partial charge in [0, 0.05) is 16.8 Å². The van der Waals surface area contributed by atoms with Gasteiger partial charge in [-0.3, -0.25) is 0 Å². The van der Waals surface area contributed by atoms with E-state index in [0.29, 0.717) is 11.3 Å². The van der Waals surface area contributed by atoms with Crippen LogP contribution in [0, 0.1) is 0 Å². The minimum atomic E-state index is -3.80. The van der Waals surface area contributed by atoms with Crippen molar-refractivity contribution in [2.45, 2.75) is 38.5 Å². The SMILES string of the molecule is C=C/C=C(\c1cc2ccccc2[nH]1)[C@H](NS(=O)(=O)C(C)(C)C)C(=O)OCC. The summed E-state index contributed by atoms with van der Waals surface area (Å²) in [5.41, 5.74) is 1.93. The van der Waals surface area contributed by atoms with Crippen LogP contribution in [0.5, 0.6) is 0 Å². The van der Waals surface area contributed by atoms with Gasteiger partial charge < -0.3 is 9.72 Å². The minimum Gasteiger partial charge on any atom is -0.465 e. The van der Waals surface area contributed by atoms with E-state index in [1.165, 1.54) is 6.08 Å². The molecule has 2 rings (SSSR count). The molecule has 0 bridgehead atoms. The lowest BCUT2D eigenvalue weighted by atomic mass is 10.0. The third-order valence-corrected chi connectivity index (χ3v) is 6.21. The van der Waals surface area contributed by atoms with Crippen LogP contribution >= 0.6 is 0 Å². The van der Waals surface area contributed by atoms with Crippen LogP contribution in [0.3, 0.4) is 0 Å². The first-order valence-electron chi connectivity index (χ1n) is 8.70. The maximum absolute atomic E-state index is 12.7. The first kappa shape index (κ1) is 20.9. The number of ether oxygens (including phenoxy) is 1. The molecule has 0 spiro atoms. The number of allylic oxidation sites excluding steroid dienone is 2. The Hall–Kier alpha value is -2.38. The number of benzene rings is 1. The molecule has 0 amide bonds. The Balaban J connectivity index is 2.56. The average Bonchev–Trinajstić information content (AvgIpc) is 3.00. The first-order chi connectivity index (χ1) is 12.6. The second-order valence-electron chi connectivity index (χ2n) is 7.05. The Labute approximate surface area is 160 Å². The van der Waals surface area contributed by atoms with E-state index in [2.05, 4.69) is 16.3 Å². The van der Waals surface area contributed by atoms with Gasteiger partial charge >= 0.3 is 5.97 Å². The number of fused-ring (bicyclic) bond motifs is 1. The summed E-state index contributed by atoms with van der Waals surface area (Å²) in [6.07, 6.45) is 3.12. The smallest absolute Gasteiger partial charge is 0.328 e. The van der Waals surface area contributed by atoms with E-state index in [9.17, 15) is 13.2 Å². The number of hydrogen-bond donors (Lipinski definition) is 2. The average molecular weight is 391 g/mol. The summed E-state index contributed by atoms with van der Waals surface area (Å²) in [6, 6.07) is 8.30. The molecule has 0 radical (unpaired) electrons. The maximum atomic E-state index is 12.7. The summed E-state index contributed by atoms with van der Waals surface area (Å²) in [7, 11) is -3.80. The van der Waals surface area contributed by atoms with Crippen molar-refractivity contribution in [1.29, 1.82) is 0 Å². The summed E-state index contributed by atoms with van der Waals surface area (Å²) in [6.45, 7) is 10.2. The summed E-state index contributed by atoms with van der Waals surface area (Å²) < 4.78 is 32.0. The number of H-pyrrole nitrogens is 1. The number of sulfonamides is 1. The standard InChI is InChI=1S/C20H26N2O4S/c1-6-10-15(17-13-14-11-8-9-12-16(14)21-17)18(19(23)26-7-2)22-27(24,25)20(3,4)5/h6,8-13,18,21-22H,1,7H2,2-5H3/b15-10+/t18-/m0/s1. The van der Waals surface area contributed by atoms with E-state index >= 15 is 0 Å². The van der Waals surface area contributed by atoms with Crippen molar-refractivity contribution >= 4 is 32.5 Å². The number of hydrogen-bond acceptors (Lipinski definition) is 4. The van der Waals surface area contributed by atoms with Gasteiger partial charge in [-0.25, -0.2) is 13.2 Å². The highest BCUT2D eigenvalue weighted by Gasteiger charge is 2.36. The minimum absolute atomic E-state index is 0.140. The van der Waals surface area contributed by atoms with Crippen LogP contribution in [0.1, 0.15) is 33.4 Å². The van der Waals surface area contributed by atoms with Crippen molar-refractivity contribution in [1.82, 2.24) is 9.71 Å². The number of rotatable bonds is 7. The highest BCUT2D eigenvalue weighted by atomic mass is 32.2. The van der Waals surface area contributed by atoms with Crippen molar-refractivity contribution in [3.8, 4) is 0 Å². The van der Waals surface area contributed by atoms with Crippen LogP contribution < -0.4 is 4.72 Å². The van der Waals surface area contributed by atoms with E-state index < -0.39 is 26.8 Å². The molecule has 0 saturated carbocycles. The lowest BCUT2D eigenvalue weighted by Gasteiger charge is -2.25. The molecule has 1 aromatic heterocycles. The molecule has 0 fully saturated rings. The first-order valence-corrected chi connectivity index (χ1v) is 10.2. The third kappa shape index (κ3) is 4.67. The van der Waals surface area contributed by atoms with Crippen molar-refractivity contribution in [3.05, 3.63) is 54.8 Å². The number of carbonyl (C=O) groups excluding carboxylic acids is 1. The van der Waals surface area contributed by atoms with Crippen LogP contribution in [-0.4, -0.2) is 36.8 Å². The Morgan fingerprint density at radius 3 is 2.56 bits per heavy atom. The van der Waals surface area contributed by atoms with Gasteiger partial charge in [-0.05, 0) is 45.2 Å². The summed E-state index contributed by atoms with van der Waals surface area (Å²) in [5.74, 6) is -0.669. The number of aromatic nitrogens is 1. The van der Waals surface area contributed by atoms with Gasteiger partial charge in [-0.2, -0.15) is 4.72 Å². The zero-order valence-electron chi connectivity index (χ0n) is 16.1. The van der Waals surface area contributed by atoms with Crippen LogP contribution in [0.15, 0.2) is 49.1 Å². The fourth-order valence-electron chi connectivity index (χ4n) is 2.49. The largest absolute Gasteiger partial charge is 0.465 e. The highest BCUT2D eigenvalue weighted by molar-refractivity contribution is 7.90.